The van der Waals surface area contributed by atoms with Crippen LogP contribution >= 0.6 is 0 Å². The molecule has 1 aliphatic rings. The molecule has 1 aromatic rings. The number of hydrogen-bond donors (Lipinski definition) is 2. The quantitative estimate of drug-likeness (QED) is 0.577. The molecule has 2 rings (SSSR count). The van der Waals surface area contributed by atoms with Crippen LogP contribution < -0.4 is 15.2 Å². The first kappa shape index (κ1) is 13.7. The number of amidine groups is 1. The molecule has 0 spiro atoms. The number of nitrogens with one attached hydrogen (secondary N) is 1. The Balaban J connectivity index is 1.98. The molecule has 0 saturated heterocycles. The Labute approximate surface area is 113 Å². The SMILES string of the molecule is COc1ccc(C(=N)N)c(OCCN(C)C2CC2)c1. The maximum absolute atomic E-state index is 7.55. The van der Waals surface area contributed by atoms with Crippen molar-refractivity contribution in [3.8, 4) is 11.5 Å². The highest BCUT2D eigenvalue weighted by Gasteiger charge is 2.25. The minimum absolute atomic E-state index is 0.00759. The molecule has 1 aromatic carbocycles. The van der Waals surface area contributed by atoms with Crippen LogP contribution in [0.3, 0.4) is 0 Å². The van der Waals surface area contributed by atoms with Crippen LogP contribution in [0, 0.1) is 5.41 Å². The Kier molecular flexibility index (Phi) is 4.27. The normalized spacial score (nSPS) is 14.5. The van der Waals surface area contributed by atoms with Gasteiger partial charge in [0, 0.05) is 18.7 Å². The average molecular weight is 263 g/mol. The van der Waals surface area contributed by atoms with E-state index in [2.05, 4.69) is 11.9 Å². The fourth-order valence-electron chi connectivity index (χ4n) is 1.97. The zero-order valence-electron chi connectivity index (χ0n) is 11.5. The van der Waals surface area contributed by atoms with Gasteiger partial charge in [0.2, 0.25) is 0 Å². The predicted octanol–water partition coefficient (Wildman–Crippen LogP) is 1.45. The first-order valence-electron chi connectivity index (χ1n) is 6.47. The van der Waals surface area contributed by atoms with Gasteiger partial charge in [0.05, 0.1) is 12.7 Å². The Morgan fingerprint density at radius 3 is 2.79 bits per heavy atom. The molecule has 5 nitrogen and oxygen atoms in total. The maximum atomic E-state index is 7.55. The maximum Gasteiger partial charge on any atom is 0.133 e. The second-order valence-electron chi connectivity index (χ2n) is 4.84. The molecule has 1 fully saturated rings. The molecule has 0 bridgehead atoms. The number of ether oxygens (including phenoxy) is 2. The smallest absolute Gasteiger partial charge is 0.133 e. The number of methoxy groups -OCH3 is 1. The summed E-state index contributed by atoms with van der Waals surface area (Å²) in [5, 5.41) is 7.55. The molecule has 1 aliphatic carbocycles. The molecule has 19 heavy (non-hydrogen) atoms. The number of nitrogens with zero attached hydrogens (tertiary/aromatic N) is 1. The van der Waals surface area contributed by atoms with Crippen LogP contribution in [0.2, 0.25) is 0 Å². The number of likely N-dealkylation sites (N-methyl/N-ethyl adjacent to an activating group) is 1. The largest absolute Gasteiger partial charge is 0.497 e. The van der Waals surface area contributed by atoms with Crippen molar-refractivity contribution in [2.24, 2.45) is 5.73 Å². The zero-order valence-corrected chi connectivity index (χ0v) is 11.5. The molecule has 0 aliphatic heterocycles. The fourth-order valence-corrected chi connectivity index (χ4v) is 1.97. The first-order chi connectivity index (χ1) is 9.11. The second kappa shape index (κ2) is 5.93. The number of rotatable bonds is 7. The van der Waals surface area contributed by atoms with Gasteiger partial charge in [-0.3, -0.25) is 5.41 Å². The van der Waals surface area contributed by atoms with E-state index >= 15 is 0 Å². The summed E-state index contributed by atoms with van der Waals surface area (Å²) in [5.74, 6) is 1.32. The van der Waals surface area contributed by atoms with E-state index < -0.39 is 0 Å². The summed E-state index contributed by atoms with van der Waals surface area (Å²) < 4.78 is 10.9. The highest BCUT2D eigenvalue weighted by Crippen LogP contribution is 2.26. The molecule has 0 amide bonds. The van der Waals surface area contributed by atoms with Gasteiger partial charge in [0.15, 0.2) is 0 Å². The van der Waals surface area contributed by atoms with Gasteiger partial charge in [-0.05, 0) is 32.0 Å². The zero-order chi connectivity index (χ0) is 13.8. The van der Waals surface area contributed by atoms with Crippen molar-refractivity contribution in [3.63, 3.8) is 0 Å². The summed E-state index contributed by atoms with van der Waals surface area (Å²) in [6.07, 6.45) is 2.57. The molecule has 0 radical (unpaired) electrons. The van der Waals surface area contributed by atoms with Crippen LogP contribution in [-0.4, -0.2) is 44.1 Å². The first-order valence-corrected chi connectivity index (χ1v) is 6.47. The molecule has 0 aromatic heterocycles. The summed E-state index contributed by atoms with van der Waals surface area (Å²) in [6.45, 7) is 1.46. The molecule has 3 N–H and O–H groups in total. The van der Waals surface area contributed by atoms with E-state index in [0.717, 1.165) is 12.6 Å². The van der Waals surface area contributed by atoms with Crippen molar-refractivity contribution in [1.29, 1.82) is 5.41 Å². The Morgan fingerprint density at radius 2 is 2.21 bits per heavy atom. The molecule has 104 valence electrons. The number of hydrogen-bond acceptors (Lipinski definition) is 4. The van der Waals surface area contributed by atoms with Crippen molar-refractivity contribution < 1.29 is 9.47 Å². The van der Waals surface area contributed by atoms with Gasteiger partial charge < -0.3 is 20.1 Å². The van der Waals surface area contributed by atoms with E-state index in [1.165, 1.54) is 12.8 Å². The van der Waals surface area contributed by atoms with Crippen molar-refractivity contribution in [2.45, 2.75) is 18.9 Å². The van der Waals surface area contributed by atoms with Crippen LogP contribution in [-0.2, 0) is 0 Å². The van der Waals surface area contributed by atoms with E-state index in [9.17, 15) is 0 Å². The topological polar surface area (TPSA) is 71.6 Å². The number of nitrogens with two attached hydrogens (primary N) is 1. The van der Waals surface area contributed by atoms with Gasteiger partial charge >= 0.3 is 0 Å². The lowest BCUT2D eigenvalue weighted by Gasteiger charge is -2.17. The monoisotopic (exact) mass is 263 g/mol. The molecule has 0 atom stereocenters. The third kappa shape index (κ3) is 3.61. The van der Waals surface area contributed by atoms with Crippen molar-refractivity contribution in [3.05, 3.63) is 23.8 Å². The molecular weight excluding hydrogens is 242 g/mol. The molecular formula is C14H21N3O2. The Hall–Kier alpha value is -1.75. The van der Waals surface area contributed by atoms with Crippen LogP contribution in [0.4, 0.5) is 0 Å². The number of benzene rings is 1. The van der Waals surface area contributed by atoms with Crippen molar-refractivity contribution in [1.82, 2.24) is 4.90 Å². The summed E-state index contributed by atoms with van der Waals surface area (Å²) >= 11 is 0. The van der Waals surface area contributed by atoms with Crippen LogP contribution in [0.5, 0.6) is 11.5 Å². The van der Waals surface area contributed by atoms with Gasteiger partial charge in [-0.15, -0.1) is 0 Å². The summed E-state index contributed by atoms with van der Waals surface area (Å²) in [4.78, 5) is 2.30. The van der Waals surface area contributed by atoms with Crippen LogP contribution in [0.15, 0.2) is 18.2 Å². The third-order valence-corrected chi connectivity index (χ3v) is 3.35. The third-order valence-electron chi connectivity index (χ3n) is 3.35. The van der Waals surface area contributed by atoms with Gasteiger partial charge in [0.1, 0.15) is 23.9 Å². The van der Waals surface area contributed by atoms with Gasteiger partial charge in [-0.25, -0.2) is 0 Å². The number of nitrogen functional groups attached to an aromatic ring is 1. The highest BCUT2D eigenvalue weighted by molar-refractivity contribution is 5.97. The Morgan fingerprint density at radius 1 is 1.47 bits per heavy atom. The molecule has 0 unspecified atom stereocenters. The minimum atomic E-state index is 0.00759. The van der Waals surface area contributed by atoms with E-state index in [1.807, 2.05) is 0 Å². The van der Waals surface area contributed by atoms with Crippen LogP contribution in [0.1, 0.15) is 18.4 Å². The average Bonchev–Trinajstić information content (AvgIpc) is 3.22. The van der Waals surface area contributed by atoms with Crippen LogP contribution in [0.25, 0.3) is 0 Å². The minimum Gasteiger partial charge on any atom is -0.497 e. The fraction of sp³-hybridized carbons (Fsp3) is 0.500. The van der Waals surface area contributed by atoms with Gasteiger partial charge in [-0.2, -0.15) is 0 Å². The summed E-state index contributed by atoms with van der Waals surface area (Å²) in [6, 6.07) is 6.02. The molecule has 0 heterocycles. The second-order valence-corrected chi connectivity index (χ2v) is 4.84. The van der Waals surface area contributed by atoms with E-state index in [0.29, 0.717) is 23.7 Å². The van der Waals surface area contributed by atoms with Gasteiger partial charge in [-0.1, -0.05) is 0 Å². The van der Waals surface area contributed by atoms with E-state index in [4.69, 9.17) is 20.6 Å². The molecule has 5 heteroatoms. The van der Waals surface area contributed by atoms with Gasteiger partial charge in [0.25, 0.3) is 0 Å². The lowest BCUT2D eigenvalue weighted by molar-refractivity contribution is 0.231. The lowest BCUT2D eigenvalue weighted by atomic mass is 10.2. The van der Waals surface area contributed by atoms with E-state index in [1.54, 1.807) is 25.3 Å². The lowest BCUT2D eigenvalue weighted by Crippen LogP contribution is -2.26. The Bertz CT molecular complexity index is 458. The van der Waals surface area contributed by atoms with Crippen molar-refractivity contribution in [2.75, 3.05) is 27.3 Å². The highest BCUT2D eigenvalue weighted by atomic mass is 16.5. The van der Waals surface area contributed by atoms with Crippen molar-refractivity contribution >= 4 is 5.84 Å². The molecule has 1 saturated carbocycles. The predicted molar refractivity (Wildman–Crippen MR) is 75.2 cm³/mol. The standard InChI is InChI=1S/C14H21N3O2/c1-17(10-3-4-10)7-8-19-13-9-11(18-2)5-6-12(13)14(15)16/h5-6,9-10H,3-4,7-8H2,1-2H3,(H3,15,16). The van der Waals surface area contributed by atoms with E-state index in [-0.39, 0.29) is 5.84 Å². The summed E-state index contributed by atoms with van der Waals surface area (Å²) in [5.41, 5.74) is 6.15. The summed E-state index contributed by atoms with van der Waals surface area (Å²) in [7, 11) is 3.71.